The summed E-state index contributed by atoms with van der Waals surface area (Å²) in [5.41, 5.74) is 0. The van der Waals surface area contributed by atoms with Crippen molar-refractivity contribution in [1.29, 1.82) is 0 Å². The molecule has 0 aromatic carbocycles. The maximum absolute atomic E-state index is 3.79. The number of nitrogens with zero attached hydrogens (tertiary/aromatic N) is 2. The molecule has 0 aliphatic carbocycles. The van der Waals surface area contributed by atoms with Crippen molar-refractivity contribution < 1.29 is 0 Å². The van der Waals surface area contributed by atoms with Crippen LogP contribution in [0.2, 0.25) is 0 Å². The summed E-state index contributed by atoms with van der Waals surface area (Å²) >= 11 is 0. The van der Waals surface area contributed by atoms with Gasteiger partial charge < -0.3 is 4.90 Å². The lowest BCUT2D eigenvalue weighted by atomic mass is 10.5. The van der Waals surface area contributed by atoms with Crippen molar-refractivity contribution in [2.45, 2.75) is 0 Å². The lowest BCUT2D eigenvalue weighted by Crippen LogP contribution is -1.99. The molecule has 0 aliphatic rings. The van der Waals surface area contributed by atoms with Crippen LogP contribution in [-0.4, -0.2) is 32.3 Å². The molecule has 0 spiro atoms. The van der Waals surface area contributed by atoms with Crippen LogP contribution in [0.5, 0.6) is 0 Å². The van der Waals surface area contributed by atoms with E-state index in [0.29, 0.717) is 0 Å². The number of allylic oxidation sites excluding steroid dienone is 3. The van der Waals surface area contributed by atoms with Crippen LogP contribution in [0.25, 0.3) is 0 Å². The van der Waals surface area contributed by atoms with Crippen molar-refractivity contribution in [2.24, 2.45) is 4.99 Å². The van der Waals surface area contributed by atoms with E-state index in [-0.39, 0.29) is 0 Å². The molecular weight excluding hydrogens is 124 g/mol. The van der Waals surface area contributed by atoms with E-state index < -0.39 is 0 Å². The Labute approximate surface area is 62.6 Å². The van der Waals surface area contributed by atoms with Gasteiger partial charge in [-0.25, -0.2) is 0 Å². The average Bonchev–Trinajstić information content (AvgIpc) is 1.87. The van der Waals surface area contributed by atoms with Gasteiger partial charge in [0.1, 0.15) is 0 Å². The molecule has 10 heavy (non-hydrogen) atoms. The Hall–Kier alpha value is -1.05. The molecule has 0 heterocycles. The van der Waals surface area contributed by atoms with Crippen molar-refractivity contribution in [2.75, 3.05) is 21.1 Å². The van der Waals surface area contributed by atoms with E-state index in [0.717, 1.165) is 0 Å². The van der Waals surface area contributed by atoms with Gasteiger partial charge in [0.25, 0.3) is 0 Å². The standard InChI is InChI=1S/C8H14N2/c1-9-7-5-4-6-8-10(2)3/h4-8H,1-3H3/b5-4+,8-6+,9-7-. The highest BCUT2D eigenvalue weighted by Crippen LogP contribution is 1.78. The van der Waals surface area contributed by atoms with E-state index in [2.05, 4.69) is 4.99 Å². The largest absolute Gasteiger partial charge is 0.383 e. The first-order valence-electron chi connectivity index (χ1n) is 3.19. The zero-order valence-electron chi connectivity index (χ0n) is 6.78. The van der Waals surface area contributed by atoms with Crippen LogP contribution >= 0.6 is 0 Å². The maximum Gasteiger partial charge on any atom is 0.0277 e. The Morgan fingerprint density at radius 3 is 2.30 bits per heavy atom. The van der Waals surface area contributed by atoms with Crippen LogP contribution < -0.4 is 0 Å². The lowest BCUT2D eigenvalue weighted by Gasteiger charge is -2.00. The van der Waals surface area contributed by atoms with Crippen LogP contribution in [0.3, 0.4) is 0 Å². The van der Waals surface area contributed by atoms with Gasteiger partial charge in [-0.2, -0.15) is 0 Å². The van der Waals surface area contributed by atoms with E-state index in [1.165, 1.54) is 0 Å². The van der Waals surface area contributed by atoms with E-state index in [4.69, 9.17) is 0 Å². The molecule has 0 saturated carbocycles. The minimum Gasteiger partial charge on any atom is -0.383 e. The van der Waals surface area contributed by atoms with Gasteiger partial charge in [0.2, 0.25) is 0 Å². The van der Waals surface area contributed by atoms with E-state index >= 15 is 0 Å². The summed E-state index contributed by atoms with van der Waals surface area (Å²) in [4.78, 5) is 5.77. The normalized spacial score (nSPS) is 12.3. The fourth-order valence-corrected chi connectivity index (χ4v) is 0.422. The quantitative estimate of drug-likeness (QED) is 0.424. The van der Waals surface area contributed by atoms with Crippen molar-refractivity contribution in [3.05, 3.63) is 24.4 Å². The first-order chi connectivity index (χ1) is 4.77. The van der Waals surface area contributed by atoms with E-state index in [9.17, 15) is 0 Å². The van der Waals surface area contributed by atoms with Gasteiger partial charge in [0, 0.05) is 27.4 Å². The zero-order chi connectivity index (χ0) is 7.82. The van der Waals surface area contributed by atoms with Gasteiger partial charge in [-0.05, 0) is 18.4 Å². The molecular formula is C8H14N2. The van der Waals surface area contributed by atoms with E-state index in [1.807, 2.05) is 43.4 Å². The first-order valence-corrected chi connectivity index (χ1v) is 3.19. The van der Waals surface area contributed by atoms with Crippen LogP contribution in [0.4, 0.5) is 0 Å². The van der Waals surface area contributed by atoms with Crippen LogP contribution in [0, 0.1) is 0 Å². The van der Waals surface area contributed by atoms with Crippen LogP contribution in [0.15, 0.2) is 29.4 Å². The summed E-state index contributed by atoms with van der Waals surface area (Å²) in [5.74, 6) is 0. The summed E-state index contributed by atoms with van der Waals surface area (Å²) in [6.07, 6.45) is 9.51. The van der Waals surface area contributed by atoms with Gasteiger partial charge in [-0.15, -0.1) is 0 Å². The first kappa shape index (κ1) is 8.95. The van der Waals surface area contributed by atoms with Crippen molar-refractivity contribution >= 4 is 6.21 Å². The fourth-order valence-electron chi connectivity index (χ4n) is 0.422. The number of hydrogen-bond acceptors (Lipinski definition) is 2. The summed E-state index contributed by atoms with van der Waals surface area (Å²) in [5, 5.41) is 0. The van der Waals surface area contributed by atoms with Crippen molar-refractivity contribution in [3.63, 3.8) is 0 Å². The van der Waals surface area contributed by atoms with Gasteiger partial charge in [0.05, 0.1) is 0 Å². The molecule has 0 amide bonds. The van der Waals surface area contributed by atoms with Crippen LogP contribution in [0.1, 0.15) is 0 Å². The number of hydrogen-bond donors (Lipinski definition) is 0. The Balaban J connectivity index is 3.51. The maximum atomic E-state index is 3.79. The van der Waals surface area contributed by atoms with Crippen molar-refractivity contribution in [1.82, 2.24) is 4.90 Å². The summed E-state index contributed by atoms with van der Waals surface area (Å²) in [6, 6.07) is 0. The Morgan fingerprint density at radius 2 is 1.80 bits per heavy atom. The topological polar surface area (TPSA) is 15.6 Å². The Kier molecular flexibility index (Phi) is 5.44. The predicted molar refractivity (Wildman–Crippen MR) is 46.4 cm³/mol. The number of rotatable bonds is 3. The second-order valence-corrected chi connectivity index (χ2v) is 2.10. The molecule has 0 aliphatic heterocycles. The summed E-state index contributed by atoms with van der Waals surface area (Å²) < 4.78 is 0. The second kappa shape index (κ2) is 6.08. The van der Waals surface area contributed by atoms with E-state index in [1.54, 1.807) is 13.3 Å². The molecule has 2 nitrogen and oxygen atoms in total. The van der Waals surface area contributed by atoms with Gasteiger partial charge in [-0.1, -0.05) is 6.08 Å². The minimum atomic E-state index is 1.75. The molecule has 0 rings (SSSR count). The highest BCUT2D eigenvalue weighted by atomic mass is 15.0. The summed E-state index contributed by atoms with van der Waals surface area (Å²) in [7, 11) is 5.72. The SMILES string of the molecule is C\N=C/C=C/C=C/N(C)C. The smallest absolute Gasteiger partial charge is 0.0277 e. The molecule has 0 atom stereocenters. The molecule has 56 valence electrons. The third-order valence-electron chi connectivity index (χ3n) is 0.842. The van der Waals surface area contributed by atoms with Crippen molar-refractivity contribution in [3.8, 4) is 0 Å². The number of aliphatic imine (C=N–C) groups is 1. The molecule has 0 aromatic heterocycles. The average molecular weight is 138 g/mol. The minimum absolute atomic E-state index is 1.75. The Morgan fingerprint density at radius 1 is 1.10 bits per heavy atom. The molecule has 0 unspecified atom stereocenters. The van der Waals surface area contributed by atoms with Crippen LogP contribution in [-0.2, 0) is 0 Å². The zero-order valence-corrected chi connectivity index (χ0v) is 6.78. The summed E-state index contributed by atoms with van der Waals surface area (Å²) in [6.45, 7) is 0. The highest BCUT2D eigenvalue weighted by molar-refractivity contribution is 5.71. The van der Waals surface area contributed by atoms with Gasteiger partial charge in [-0.3, -0.25) is 4.99 Å². The third-order valence-corrected chi connectivity index (χ3v) is 0.842. The monoisotopic (exact) mass is 138 g/mol. The lowest BCUT2D eigenvalue weighted by molar-refractivity contribution is 0.564. The molecule has 2 heteroatoms. The predicted octanol–water partition coefficient (Wildman–Crippen LogP) is 1.32. The third kappa shape index (κ3) is 6.95. The fraction of sp³-hybridized carbons (Fsp3) is 0.375. The molecule has 0 radical (unpaired) electrons. The van der Waals surface area contributed by atoms with Gasteiger partial charge in [0.15, 0.2) is 0 Å². The highest BCUT2D eigenvalue weighted by Gasteiger charge is 1.69. The second-order valence-electron chi connectivity index (χ2n) is 2.10. The Bertz CT molecular complexity index is 143. The molecule has 0 N–H and O–H groups in total. The molecule has 0 fully saturated rings. The molecule has 0 aromatic rings. The van der Waals surface area contributed by atoms with Gasteiger partial charge >= 0.3 is 0 Å². The molecule has 0 saturated heterocycles. The molecule has 0 bridgehead atoms.